The Kier molecular flexibility index (Phi) is 10.5. The molecule has 13 aromatic rings. The van der Waals surface area contributed by atoms with Crippen molar-refractivity contribution in [3.8, 4) is 61.3 Å². The van der Waals surface area contributed by atoms with Crippen molar-refractivity contribution in [2.75, 3.05) is 4.90 Å². The molecule has 2 nitrogen and oxygen atoms in total. The summed E-state index contributed by atoms with van der Waals surface area (Å²) in [6.45, 7) is 4.73. The molecule has 2 heteroatoms. The Balaban J connectivity index is 0.853. The number of hydrogen-bond donors (Lipinski definition) is 0. The number of hydrogen-bond acceptors (Lipinski definition) is 1. The van der Waals surface area contributed by atoms with Crippen LogP contribution < -0.4 is 4.90 Å². The quantitative estimate of drug-likeness (QED) is 0.140. The van der Waals surface area contributed by atoms with Gasteiger partial charge in [-0.1, -0.05) is 232 Å². The molecule has 2 aliphatic carbocycles. The fraction of sp³-hybridized carbons (Fsp3) is 0.0526. The highest BCUT2D eigenvalue weighted by Crippen LogP contribution is 2.59. The molecule has 12 aromatic carbocycles. The summed E-state index contributed by atoms with van der Waals surface area (Å²) in [7, 11) is 0. The minimum atomic E-state index is -0.537. The maximum atomic E-state index is 2.48. The van der Waals surface area contributed by atoms with Crippen LogP contribution in [0.15, 0.2) is 291 Å². The molecule has 0 unspecified atom stereocenters. The Labute approximate surface area is 456 Å². The van der Waals surface area contributed by atoms with Crippen LogP contribution >= 0.6 is 0 Å². The Morgan fingerprint density at radius 2 is 0.795 bits per heavy atom. The van der Waals surface area contributed by atoms with Crippen molar-refractivity contribution < 1.29 is 0 Å². The van der Waals surface area contributed by atoms with Gasteiger partial charge in [-0.2, -0.15) is 0 Å². The molecule has 0 saturated carbocycles. The van der Waals surface area contributed by atoms with E-state index < -0.39 is 5.41 Å². The van der Waals surface area contributed by atoms with E-state index in [1.807, 2.05) is 0 Å². The Hall–Kier alpha value is -9.76. The predicted octanol–water partition coefficient (Wildman–Crippen LogP) is 19.9. The van der Waals surface area contributed by atoms with Gasteiger partial charge in [0, 0.05) is 38.9 Å². The predicted molar refractivity (Wildman–Crippen MR) is 327 cm³/mol. The van der Waals surface area contributed by atoms with Gasteiger partial charge in [0.2, 0.25) is 0 Å². The minimum absolute atomic E-state index is 0.145. The van der Waals surface area contributed by atoms with E-state index in [0.717, 1.165) is 22.7 Å². The summed E-state index contributed by atoms with van der Waals surface area (Å²) >= 11 is 0. The second-order valence-electron chi connectivity index (χ2n) is 21.6. The smallest absolute Gasteiger partial charge is 0.0714 e. The first kappa shape index (κ1) is 45.6. The van der Waals surface area contributed by atoms with Crippen LogP contribution in [-0.4, -0.2) is 4.57 Å². The van der Waals surface area contributed by atoms with Gasteiger partial charge in [-0.25, -0.2) is 0 Å². The van der Waals surface area contributed by atoms with E-state index in [0.29, 0.717) is 0 Å². The number of anilines is 3. The van der Waals surface area contributed by atoms with E-state index in [1.54, 1.807) is 0 Å². The molecular weight excluding hydrogens is 941 g/mol. The standard InChI is InChI=1S/C76H54N2/c1-75(2)68-31-17-15-28-63(68)64-46-44-61(50-70(64)75)77(59-40-34-51(35-41-59)54-39-47-73-67(48-54)65-29-16-18-33-72(65)78(73)58-26-13-6-14-27-58)60-42-36-52(37-43-60)55-38-45-66-71(49-55)76(56-22-9-4-10-23-56,57-24-11-5-12-25-57)69-32-19-30-62(74(66)69)53-20-7-3-8-21-53/h3-50H,1-2H3. The van der Waals surface area contributed by atoms with Gasteiger partial charge < -0.3 is 9.47 Å². The first-order valence-corrected chi connectivity index (χ1v) is 27.2. The lowest BCUT2D eigenvalue weighted by molar-refractivity contribution is 0.660. The Bertz CT molecular complexity index is 4380. The highest BCUT2D eigenvalue weighted by molar-refractivity contribution is 6.10. The van der Waals surface area contributed by atoms with Crippen molar-refractivity contribution in [3.63, 3.8) is 0 Å². The number of aromatic nitrogens is 1. The molecule has 0 bridgehead atoms. The molecule has 0 aliphatic heterocycles. The summed E-state index contributed by atoms with van der Waals surface area (Å²) in [5, 5.41) is 2.50. The molecule has 0 spiro atoms. The van der Waals surface area contributed by atoms with Crippen LogP contribution in [-0.2, 0) is 10.8 Å². The van der Waals surface area contributed by atoms with Crippen LogP contribution in [0.3, 0.4) is 0 Å². The van der Waals surface area contributed by atoms with Gasteiger partial charge in [0.1, 0.15) is 0 Å². The topological polar surface area (TPSA) is 8.17 Å². The first-order valence-electron chi connectivity index (χ1n) is 27.2. The normalized spacial score (nSPS) is 13.5. The van der Waals surface area contributed by atoms with Crippen molar-refractivity contribution in [1.82, 2.24) is 4.57 Å². The van der Waals surface area contributed by atoms with Gasteiger partial charge in [-0.15, -0.1) is 0 Å². The van der Waals surface area contributed by atoms with Crippen molar-refractivity contribution in [3.05, 3.63) is 325 Å². The average Bonchev–Trinajstić information content (AvgIpc) is 3.36. The molecule has 368 valence electrons. The van der Waals surface area contributed by atoms with Crippen LogP contribution in [0.25, 0.3) is 83.1 Å². The van der Waals surface area contributed by atoms with Crippen LogP contribution in [0.5, 0.6) is 0 Å². The van der Waals surface area contributed by atoms with Gasteiger partial charge in [-0.3, -0.25) is 0 Å². The molecule has 0 saturated heterocycles. The third-order valence-electron chi connectivity index (χ3n) is 17.1. The third-order valence-corrected chi connectivity index (χ3v) is 17.1. The van der Waals surface area contributed by atoms with Gasteiger partial charge in [0.25, 0.3) is 0 Å². The molecule has 2 aliphatic rings. The van der Waals surface area contributed by atoms with Crippen molar-refractivity contribution in [1.29, 1.82) is 0 Å². The summed E-state index contributed by atoms with van der Waals surface area (Å²) < 4.78 is 2.38. The Morgan fingerprint density at radius 3 is 1.49 bits per heavy atom. The van der Waals surface area contributed by atoms with Crippen molar-refractivity contribution >= 4 is 38.9 Å². The largest absolute Gasteiger partial charge is 0.310 e. The lowest BCUT2D eigenvalue weighted by Crippen LogP contribution is -2.28. The average molecular weight is 995 g/mol. The van der Waals surface area contributed by atoms with E-state index in [4.69, 9.17) is 0 Å². The van der Waals surface area contributed by atoms with Crippen LogP contribution in [0.4, 0.5) is 17.1 Å². The molecule has 15 rings (SSSR count). The summed E-state index contributed by atoms with van der Waals surface area (Å²) in [6.07, 6.45) is 0. The van der Waals surface area contributed by atoms with E-state index >= 15 is 0 Å². The molecule has 0 radical (unpaired) electrons. The maximum absolute atomic E-state index is 2.48. The lowest BCUT2D eigenvalue weighted by Gasteiger charge is -2.34. The van der Waals surface area contributed by atoms with E-state index in [9.17, 15) is 0 Å². The number of para-hydroxylation sites is 2. The third kappa shape index (κ3) is 6.96. The minimum Gasteiger partial charge on any atom is -0.310 e. The number of fused-ring (bicyclic) bond motifs is 9. The zero-order valence-corrected chi connectivity index (χ0v) is 43.6. The zero-order chi connectivity index (χ0) is 52.0. The summed E-state index contributed by atoms with van der Waals surface area (Å²) in [5.74, 6) is 0. The SMILES string of the molecule is CC1(C)c2ccccc2-c2ccc(N(c3ccc(-c4ccc5c(c4)C(c4ccccc4)(c4ccccc4)c4cccc(-c6ccccc6)c4-5)cc3)c3ccc(-c4ccc5c(c4)c4ccccc4n5-c4ccccc4)cc3)cc21. The molecule has 0 atom stereocenters. The number of benzene rings is 12. The molecule has 0 N–H and O–H groups in total. The molecule has 1 heterocycles. The number of nitrogens with zero attached hydrogens (tertiary/aromatic N) is 2. The molecule has 1 aromatic heterocycles. The summed E-state index contributed by atoms with van der Waals surface area (Å²) in [5.41, 5.74) is 26.4. The van der Waals surface area contributed by atoms with Crippen molar-refractivity contribution in [2.24, 2.45) is 0 Å². The van der Waals surface area contributed by atoms with Gasteiger partial charge in [0.05, 0.1) is 16.4 Å². The fourth-order valence-corrected chi connectivity index (χ4v) is 13.5. The lowest BCUT2D eigenvalue weighted by atomic mass is 9.67. The van der Waals surface area contributed by atoms with Gasteiger partial charge >= 0.3 is 0 Å². The van der Waals surface area contributed by atoms with E-state index in [-0.39, 0.29) is 5.41 Å². The summed E-state index contributed by atoms with van der Waals surface area (Å²) in [6, 6.07) is 108. The number of rotatable bonds is 9. The van der Waals surface area contributed by atoms with E-state index in [1.165, 1.54) is 111 Å². The van der Waals surface area contributed by atoms with Crippen molar-refractivity contribution in [2.45, 2.75) is 24.7 Å². The second kappa shape index (κ2) is 17.9. The molecular formula is C76H54N2. The zero-order valence-electron chi connectivity index (χ0n) is 43.6. The highest BCUT2D eigenvalue weighted by atomic mass is 15.1. The highest BCUT2D eigenvalue weighted by Gasteiger charge is 2.47. The molecule has 0 amide bonds. The Morgan fingerprint density at radius 1 is 0.295 bits per heavy atom. The van der Waals surface area contributed by atoms with Gasteiger partial charge in [-0.05, 0) is 162 Å². The molecule has 0 fully saturated rings. The van der Waals surface area contributed by atoms with E-state index in [2.05, 4.69) is 315 Å². The maximum Gasteiger partial charge on any atom is 0.0714 e. The van der Waals surface area contributed by atoms with Crippen LogP contribution in [0.1, 0.15) is 47.2 Å². The fourth-order valence-electron chi connectivity index (χ4n) is 13.5. The van der Waals surface area contributed by atoms with Crippen LogP contribution in [0.2, 0.25) is 0 Å². The summed E-state index contributed by atoms with van der Waals surface area (Å²) in [4.78, 5) is 2.43. The second-order valence-corrected chi connectivity index (χ2v) is 21.6. The first-order chi connectivity index (χ1) is 38.4. The van der Waals surface area contributed by atoms with Gasteiger partial charge in [0.15, 0.2) is 0 Å². The molecule has 78 heavy (non-hydrogen) atoms. The van der Waals surface area contributed by atoms with Crippen LogP contribution in [0, 0.1) is 0 Å². The monoisotopic (exact) mass is 994 g/mol.